The van der Waals surface area contributed by atoms with Crippen LogP contribution in [-0.2, 0) is 0 Å². The van der Waals surface area contributed by atoms with Crippen LogP contribution in [0.4, 0.5) is 0 Å². The van der Waals surface area contributed by atoms with Crippen LogP contribution >= 0.6 is 0 Å². The number of pyridine rings is 1. The molecule has 0 aliphatic rings. The monoisotopic (exact) mass is 419 g/mol. The molecule has 8 nitrogen and oxygen atoms in total. The molecule has 0 saturated heterocycles. The molecule has 0 radical (unpaired) electrons. The molecule has 0 unspecified atom stereocenters. The molecular formula is C23H17NO7. The van der Waals surface area contributed by atoms with E-state index >= 15 is 0 Å². The number of benzene rings is 1. The van der Waals surface area contributed by atoms with E-state index in [4.69, 9.17) is 8.83 Å². The Kier molecular flexibility index (Phi) is 4.82. The molecule has 0 saturated carbocycles. The summed E-state index contributed by atoms with van der Waals surface area (Å²) in [5.41, 5.74) is -0.782. The number of aromatic hydroxyl groups is 3. The van der Waals surface area contributed by atoms with Gasteiger partial charge in [0.25, 0.3) is 0 Å². The van der Waals surface area contributed by atoms with Gasteiger partial charge in [0.15, 0.2) is 0 Å². The molecule has 0 amide bonds. The van der Waals surface area contributed by atoms with Crippen molar-refractivity contribution in [1.29, 1.82) is 0 Å². The number of hydrogen-bond donors (Lipinski definition) is 3. The van der Waals surface area contributed by atoms with Crippen molar-refractivity contribution >= 4 is 0 Å². The Morgan fingerprint density at radius 2 is 1.13 bits per heavy atom. The number of rotatable bonds is 3. The van der Waals surface area contributed by atoms with Gasteiger partial charge in [-0.3, -0.25) is 0 Å². The second-order valence-corrected chi connectivity index (χ2v) is 6.98. The normalized spacial score (nSPS) is 10.9. The molecule has 0 bridgehead atoms. The molecule has 4 rings (SSSR count). The minimum atomic E-state index is -0.807. The fourth-order valence-electron chi connectivity index (χ4n) is 3.27. The van der Waals surface area contributed by atoms with E-state index in [-0.39, 0.29) is 51.3 Å². The van der Waals surface area contributed by atoms with Gasteiger partial charge in [-0.1, -0.05) is 12.1 Å². The zero-order valence-electron chi connectivity index (χ0n) is 16.5. The summed E-state index contributed by atoms with van der Waals surface area (Å²) in [5, 5.41) is 30.3. The van der Waals surface area contributed by atoms with Gasteiger partial charge in [-0.15, -0.1) is 0 Å². The standard InChI is InChI=1S/C23H17NO7/c1-11-7-18(26)20(22(28)30-11)16-9-14(13-3-5-15(25)6-4-13)10-17(24-16)21-19(27)8-12(2)31-23(21)29/h3-10,25-27H,1-2H3. The molecule has 3 aromatic heterocycles. The lowest BCUT2D eigenvalue weighted by molar-refractivity contribution is 0.438. The number of hydrogen-bond acceptors (Lipinski definition) is 8. The summed E-state index contributed by atoms with van der Waals surface area (Å²) in [4.78, 5) is 29.2. The van der Waals surface area contributed by atoms with Gasteiger partial charge < -0.3 is 24.2 Å². The van der Waals surface area contributed by atoms with Crippen molar-refractivity contribution < 1.29 is 24.2 Å². The van der Waals surface area contributed by atoms with Crippen molar-refractivity contribution in [2.75, 3.05) is 0 Å². The van der Waals surface area contributed by atoms with Crippen LogP contribution in [0.1, 0.15) is 11.5 Å². The lowest BCUT2D eigenvalue weighted by Gasteiger charge is -2.11. The van der Waals surface area contributed by atoms with Crippen molar-refractivity contribution in [3.8, 4) is 50.9 Å². The SMILES string of the molecule is Cc1cc(O)c(-c2cc(-c3ccc(O)cc3)cc(-c3c(O)cc(C)oc3=O)n2)c(=O)o1. The van der Waals surface area contributed by atoms with Crippen molar-refractivity contribution in [3.05, 3.63) is 80.9 Å². The van der Waals surface area contributed by atoms with Gasteiger partial charge in [-0.2, -0.15) is 0 Å². The van der Waals surface area contributed by atoms with Crippen LogP contribution in [0.25, 0.3) is 33.6 Å². The van der Waals surface area contributed by atoms with Crippen LogP contribution in [0.5, 0.6) is 17.2 Å². The maximum atomic E-state index is 12.5. The first-order valence-electron chi connectivity index (χ1n) is 9.22. The molecule has 4 aromatic rings. The Bertz CT molecular complexity index is 1330. The summed E-state index contributed by atoms with van der Waals surface area (Å²) in [6.07, 6.45) is 0. The van der Waals surface area contributed by atoms with E-state index in [0.29, 0.717) is 11.1 Å². The molecule has 3 N–H and O–H groups in total. The number of phenols is 1. The summed E-state index contributed by atoms with van der Waals surface area (Å²) < 4.78 is 10.2. The predicted octanol–water partition coefficient (Wildman–Crippen LogP) is 3.72. The van der Waals surface area contributed by atoms with E-state index in [1.54, 1.807) is 12.1 Å². The molecule has 8 heteroatoms. The first-order valence-corrected chi connectivity index (χ1v) is 9.22. The lowest BCUT2D eigenvalue weighted by atomic mass is 10.0. The van der Waals surface area contributed by atoms with E-state index in [2.05, 4.69) is 4.98 Å². The van der Waals surface area contributed by atoms with Crippen LogP contribution in [0.3, 0.4) is 0 Å². The molecular weight excluding hydrogens is 402 g/mol. The highest BCUT2D eigenvalue weighted by atomic mass is 16.4. The van der Waals surface area contributed by atoms with Crippen molar-refractivity contribution in [3.63, 3.8) is 0 Å². The second-order valence-electron chi connectivity index (χ2n) is 6.98. The van der Waals surface area contributed by atoms with Gasteiger partial charge in [-0.05, 0) is 49.2 Å². The minimum absolute atomic E-state index is 0.0335. The van der Waals surface area contributed by atoms with E-state index in [1.165, 1.54) is 50.2 Å². The fourth-order valence-corrected chi connectivity index (χ4v) is 3.27. The van der Waals surface area contributed by atoms with Crippen molar-refractivity contribution in [2.24, 2.45) is 0 Å². The van der Waals surface area contributed by atoms with E-state index in [0.717, 1.165) is 0 Å². The predicted molar refractivity (Wildman–Crippen MR) is 112 cm³/mol. The summed E-state index contributed by atoms with van der Waals surface area (Å²) in [6.45, 7) is 3.04. The molecule has 3 heterocycles. The molecule has 0 aliphatic heterocycles. The average molecular weight is 419 g/mol. The van der Waals surface area contributed by atoms with Gasteiger partial charge in [0.2, 0.25) is 0 Å². The third-order valence-electron chi connectivity index (χ3n) is 4.65. The van der Waals surface area contributed by atoms with Crippen molar-refractivity contribution in [2.45, 2.75) is 13.8 Å². The quantitative estimate of drug-likeness (QED) is 0.457. The Balaban J connectivity index is 2.05. The number of phenolic OH excluding ortho intramolecular Hbond substituents is 1. The number of aromatic nitrogens is 1. The Hall–Kier alpha value is -4.33. The van der Waals surface area contributed by atoms with Gasteiger partial charge in [0.05, 0.1) is 11.4 Å². The van der Waals surface area contributed by atoms with Crippen LogP contribution < -0.4 is 11.3 Å². The largest absolute Gasteiger partial charge is 0.508 e. The van der Waals surface area contributed by atoms with Crippen LogP contribution in [-0.4, -0.2) is 20.3 Å². The Labute approximate surface area is 175 Å². The zero-order chi connectivity index (χ0) is 22.3. The molecule has 0 aliphatic carbocycles. The summed E-state index contributed by atoms with van der Waals surface area (Å²) in [6, 6.07) is 11.8. The lowest BCUT2D eigenvalue weighted by Crippen LogP contribution is -2.08. The van der Waals surface area contributed by atoms with Crippen LogP contribution in [0.15, 0.2) is 67.0 Å². The maximum Gasteiger partial charge on any atom is 0.349 e. The van der Waals surface area contributed by atoms with E-state index < -0.39 is 11.3 Å². The number of aryl methyl sites for hydroxylation is 2. The van der Waals surface area contributed by atoms with Gasteiger partial charge in [-0.25, -0.2) is 14.6 Å². The van der Waals surface area contributed by atoms with Crippen LogP contribution in [0.2, 0.25) is 0 Å². The third-order valence-corrected chi connectivity index (χ3v) is 4.65. The average Bonchev–Trinajstić information content (AvgIpc) is 2.67. The molecule has 156 valence electrons. The molecule has 0 atom stereocenters. The summed E-state index contributed by atoms with van der Waals surface area (Å²) >= 11 is 0. The molecule has 1 aromatic carbocycles. The first kappa shape index (κ1) is 20.0. The highest BCUT2D eigenvalue weighted by molar-refractivity contribution is 5.79. The minimum Gasteiger partial charge on any atom is -0.508 e. The maximum absolute atomic E-state index is 12.5. The highest BCUT2D eigenvalue weighted by Gasteiger charge is 2.20. The molecule has 0 spiro atoms. The third kappa shape index (κ3) is 3.78. The van der Waals surface area contributed by atoms with Gasteiger partial charge in [0.1, 0.15) is 39.9 Å². The molecule has 0 fully saturated rings. The topological polar surface area (TPSA) is 134 Å². The zero-order valence-corrected chi connectivity index (χ0v) is 16.5. The van der Waals surface area contributed by atoms with E-state index in [9.17, 15) is 24.9 Å². The Morgan fingerprint density at radius 3 is 1.55 bits per heavy atom. The van der Waals surface area contributed by atoms with E-state index in [1.807, 2.05) is 0 Å². The van der Waals surface area contributed by atoms with Crippen molar-refractivity contribution in [1.82, 2.24) is 4.98 Å². The summed E-state index contributed by atoms with van der Waals surface area (Å²) in [7, 11) is 0. The smallest absolute Gasteiger partial charge is 0.349 e. The second kappa shape index (κ2) is 7.49. The molecule has 31 heavy (non-hydrogen) atoms. The van der Waals surface area contributed by atoms with Crippen LogP contribution in [0, 0.1) is 13.8 Å². The highest BCUT2D eigenvalue weighted by Crippen LogP contribution is 2.34. The van der Waals surface area contributed by atoms with Gasteiger partial charge in [0, 0.05) is 12.1 Å². The Morgan fingerprint density at radius 1 is 0.677 bits per heavy atom. The number of nitrogens with zero attached hydrogens (tertiary/aromatic N) is 1. The summed E-state index contributed by atoms with van der Waals surface area (Å²) in [5.74, 6) is -0.173. The fraction of sp³-hybridized carbons (Fsp3) is 0.0870. The van der Waals surface area contributed by atoms with Gasteiger partial charge >= 0.3 is 11.3 Å². The first-order chi connectivity index (χ1) is 14.7.